The smallest absolute Gasteiger partial charge is 0.162 e. The second-order valence-electron chi connectivity index (χ2n) is 5.00. The first kappa shape index (κ1) is 14.2. The van der Waals surface area contributed by atoms with Crippen LogP contribution in [-0.4, -0.2) is 13.2 Å². The summed E-state index contributed by atoms with van der Waals surface area (Å²) in [4.78, 5) is 0. The Bertz CT molecular complexity index is 690. The summed E-state index contributed by atoms with van der Waals surface area (Å²) in [6.45, 7) is 2.70. The van der Waals surface area contributed by atoms with Gasteiger partial charge in [-0.3, -0.25) is 0 Å². The SMILES string of the molecule is Cc1ccc(C(N)c2cc3c(cc2Cl)OCCO3)cc1F. The van der Waals surface area contributed by atoms with Crippen LogP contribution in [0, 0.1) is 12.7 Å². The molecule has 0 spiro atoms. The van der Waals surface area contributed by atoms with Crippen LogP contribution in [-0.2, 0) is 0 Å². The third-order valence-corrected chi connectivity index (χ3v) is 3.88. The van der Waals surface area contributed by atoms with Crippen LogP contribution in [0.4, 0.5) is 4.39 Å². The highest BCUT2D eigenvalue weighted by atomic mass is 35.5. The van der Waals surface area contributed by atoms with Crippen molar-refractivity contribution in [1.29, 1.82) is 0 Å². The van der Waals surface area contributed by atoms with Crippen LogP contribution in [0.3, 0.4) is 0 Å². The van der Waals surface area contributed by atoms with Crippen molar-refractivity contribution in [2.75, 3.05) is 13.2 Å². The molecule has 0 bridgehead atoms. The molecule has 0 radical (unpaired) electrons. The molecule has 2 N–H and O–H groups in total. The van der Waals surface area contributed by atoms with E-state index in [1.807, 2.05) is 0 Å². The van der Waals surface area contributed by atoms with Gasteiger partial charge in [0.15, 0.2) is 11.5 Å². The predicted octanol–water partition coefficient (Wildman–Crippen LogP) is 3.61. The molecule has 110 valence electrons. The average molecular weight is 308 g/mol. The van der Waals surface area contributed by atoms with Crippen molar-refractivity contribution >= 4 is 11.6 Å². The van der Waals surface area contributed by atoms with Crippen molar-refractivity contribution in [3.8, 4) is 11.5 Å². The third-order valence-electron chi connectivity index (χ3n) is 3.55. The number of aryl methyl sites for hydroxylation is 1. The standard InChI is InChI=1S/C16H15ClFNO2/c1-9-2-3-10(6-13(9)18)16(19)11-7-14-15(8-12(11)17)21-5-4-20-14/h2-3,6-8,16H,4-5,19H2,1H3. The maximum Gasteiger partial charge on any atom is 0.162 e. The van der Waals surface area contributed by atoms with E-state index in [1.54, 1.807) is 31.2 Å². The lowest BCUT2D eigenvalue weighted by Gasteiger charge is -2.22. The molecule has 1 heterocycles. The Hall–Kier alpha value is -1.78. The van der Waals surface area contributed by atoms with Crippen LogP contribution in [0.2, 0.25) is 5.02 Å². The summed E-state index contributed by atoms with van der Waals surface area (Å²) in [6, 6.07) is 7.87. The fourth-order valence-electron chi connectivity index (χ4n) is 2.30. The van der Waals surface area contributed by atoms with Gasteiger partial charge in [-0.15, -0.1) is 0 Å². The lowest BCUT2D eigenvalue weighted by molar-refractivity contribution is 0.171. The normalized spacial score (nSPS) is 14.9. The van der Waals surface area contributed by atoms with E-state index in [-0.39, 0.29) is 5.82 Å². The Labute approximate surface area is 127 Å². The van der Waals surface area contributed by atoms with Gasteiger partial charge in [0, 0.05) is 11.1 Å². The second-order valence-corrected chi connectivity index (χ2v) is 5.41. The Morgan fingerprint density at radius 3 is 2.48 bits per heavy atom. The first-order chi connectivity index (χ1) is 10.1. The van der Waals surface area contributed by atoms with Crippen molar-refractivity contribution in [1.82, 2.24) is 0 Å². The van der Waals surface area contributed by atoms with Crippen LogP contribution in [0.25, 0.3) is 0 Å². The van der Waals surface area contributed by atoms with E-state index in [2.05, 4.69) is 0 Å². The molecule has 1 atom stereocenters. The fraction of sp³-hybridized carbons (Fsp3) is 0.250. The van der Waals surface area contributed by atoms with E-state index in [0.29, 0.717) is 46.4 Å². The van der Waals surface area contributed by atoms with Crippen LogP contribution in [0.15, 0.2) is 30.3 Å². The summed E-state index contributed by atoms with van der Waals surface area (Å²) in [5.74, 6) is 0.942. The molecule has 1 unspecified atom stereocenters. The fourth-order valence-corrected chi connectivity index (χ4v) is 2.57. The lowest BCUT2D eigenvalue weighted by Crippen LogP contribution is -2.17. The molecular weight excluding hydrogens is 293 g/mol. The molecule has 0 saturated heterocycles. The summed E-state index contributed by atoms with van der Waals surface area (Å²) in [5.41, 5.74) is 8.15. The van der Waals surface area contributed by atoms with E-state index in [9.17, 15) is 4.39 Å². The zero-order valence-electron chi connectivity index (χ0n) is 11.5. The quantitative estimate of drug-likeness (QED) is 0.922. The van der Waals surface area contributed by atoms with Crippen LogP contribution < -0.4 is 15.2 Å². The number of benzene rings is 2. The van der Waals surface area contributed by atoms with E-state index in [0.717, 1.165) is 0 Å². The van der Waals surface area contributed by atoms with E-state index in [4.69, 9.17) is 26.8 Å². The highest BCUT2D eigenvalue weighted by molar-refractivity contribution is 6.31. The molecule has 2 aromatic rings. The number of fused-ring (bicyclic) bond motifs is 1. The number of ether oxygens (including phenoxy) is 2. The van der Waals surface area contributed by atoms with E-state index >= 15 is 0 Å². The summed E-state index contributed by atoms with van der Waals surface area (Å²) in [7, 11) is 0. The van der Waals surface area contributed by atoms with Gasteiger partial charge in [-0.2, -0.15) is 0 Å². The summed E-state index contributed by atoms with van der Waals surface area (Å²) >= 11 is 6.27. The number of hydrogen-bond acceptors (Lipinski definition) is 3. The maximum atomic E-state index is 13.7. The zero-order chi connectivity index (χ0) is 15.0. The summed E-state index contributed by atoms with van der Waals surface area (Å²) in [5, 5.41) is 0.479. The average Bonchev–Trinajstić information content (AvgIpc) is 2.48. The molecule has 0 aromatic heterocycles. The third kappa shape index (κ3) is 2.69. The molecule has 1 aliphatic heterocycles. The molecule has 0 saturated carbocycles. The van der Waals surface area contributed by atoms with Gasteiger partial charge in [-0.05, 0) is 35.7 Å². The van der Waals surface area contributed by atoms with Crippen LogP contribution >= 0.6 is 11.6 Å². The highest BCUT2D eigenvalue weighted by Crippen LogP contribution is 2.38. The molecular formula is C16H15ClFNO2. The Balaban J connectivity index is 2.00. The van der Waals surface area contributed by atoms with Crippen molar-refractivity contribution in [3.05, 3.63) is 57.9 Å². The molecule has 0 amide bonds. The Kier molecular flexibility index (Phi) is 3.74. The topological polar surface area (TPSA) is 44.5 Å². The van der Waals surface area contributed by atoms with Crippen molar-refractivity contribution in [2.24, 2.45) is 5.73 Å². The Morgan fingerprint density at radius 2 is 1.81 bits per heavy atom. The molecule has 0 fully saturated rings. The minimum Gasteiger partial charge on any atom is -0.486 e. The first-order valence-corrected chi connectivity index (χ1v) is 7.04. The minimum atomic E-state index is -0.525. The van der Waals surface area contributed by atoms with Gasteiger partial charge in [-0.1, -0.05) is 23.7 Å². The molecule has 1 aliphatic rings. The molecule has 2 aromatic carbocycles. The number of hydrogen-bond donors (Lipinski definition) is 1. The lowest BCUT2D eigenvalue weighted by atomic mass is 9.98. The van der Waals surface area contributed by atoms with Gasteiger partial charge in [0.05, 0.1) is 6.04 Å². The summed E-state index contributed by atoms with van der Waals surface area (Å²) < 4.78 is 24.7. The van der Waals surface area contributed by atoms with Gasteiger partial charge in [-0.25, -0.2) is 4.39 Å². The number of nitrogens with two attached hydrogens (primary N) is 1. The van der Waals surface area contributed by atoms with Gasteiger partial charge in [0.2, 0.25) is 0 Å². The monoisotopic (exact) mass is 307 g/mol. The second kappa shape index (κ2) is 5.54. The summed E-state index contributed by atoms with van der Waals surface area (Å²) in [6.07, 6.45) is 0. The largest absolute Gasteiger partial charge is 0.486 e. The molecule has 5 heteroatoms. The number of halogens is 2. The van der Waals surface area contributed by atoms with E-state index in [1.165, 1.54) is 6.07 Å². The molecule has 0 aliphatic carbocycles. The molecule has 3 rings (SSSR count). The van der Waals surface area contributed by atoms with Gasteiger partial charge in [0.25, 0.3) is 0 Å². The van der Waals surface area contributed by atoms with E-state index < -0.39 is 6.04 Å². The molecule has 21 heavy (non-hydrogen) atoms. The van der Waals surface area contributed by atoms with Crippen molar-refractivity contribution in [3.63, 3.8) is 0 Å². The van der Waals surface area contributed by atoms with Crippen LogP contribution in [0.1, 0.15) is 22.7 Å². The van der Waals surface area contributed by atoms with Gasteiger partial charge >= 0.3 is 0 Å². The zero-order valence-corrected chi connectivity index (χ0v) is 12.3. The Morgan fingerprint density at radius 1 is 1.14 bits per heavy atom. The van der Waals surface area contributed by atoms with Crippen molar-refractivity contribution < 1.29 is 13.9 Å². The van der Waals surface area contributed by atoms with Crippen molar-refractivity contribution in [2.45, 2.75) is 13.0 Å². The minimum absolute atomic E-state index is 0.281. The highest BCUT2D eigenvalue weighted by Gasteiger charge is 2.20. The van der Waals surface area contributed by atoms with Gasteiger partial charge in [0.1, 0.15) is 19.0 Å². The maximum absolute atomic E-state index is 13.7. The predicted molar refractivity (Wildman–Crippen MR) is 79.6 cm³/mol. The number of rotatable bonds is 2. The van der Waals surface area contributed by atoms with Gasteiger partial charge < -0.3 is 15.2 Å². The van der Waals surface area contributed by atoms with Crippen LogP contribution in [0.5, 0.6) is 11.5 Å². The molecule has 3 nitrogen and oxygen atoms in total. The first-order valence-electron chi connectivity index (χ1n) is 6.67.